The molecule has 2 saturated heterocycles. The number of ether oxygens (including phenoxy) is 1. The van der Waals surface area contributed by atoms with Crippen molar-refractivity contribution < 1.29 is 4.74 Å². The standard InChI is InChI=1S/C19H31N5O/c1-2-4-17(5-3-1)16-22-8-10-24(11-9-22)19-20-7-6-18(21-19)23-12-14-25-15-13-23/h6-7,17H,1-5,8-16H2. The van der Waals surface area contributed by atoms with Gasteiger partial charge in [-0.3, -0.25) is 4.90 Å². The van der Waals surface area contributed by atoms with Gasteiger partial charge < -0.3 is 14.5 Å². The van der Waals surface area contributed by atoms with Crippen LogP contribution in [-0.4, -0.2) is 73.9 Å². The highest BCUT2D eigenvalue weighted by molar-refractivity contribution is 5.44. The molecule has 6 heteroatoms. The van der Waals surface area contributed by atoms with Crippen molar-refractivity contribution in [1.82, 2.24) is 14.9 Å². The third kappa shape index (κ3) is 4.42. The first kappa shape index (κ1) is 17.0. The van der Waals surface area contributed by atoms with E-state index < -0.39 is 0 Å². The van der Waals surface area contributed by atoms with Gasteiger partial charge in [0.2, 0.25) is 5.95 Å². The molecule has 6 nitrogen and oxygen atoms in total. The Bertz CT molecular complexity index is 534. The summed E-state index contributed by atoms with van der Waals surface area (Å²) < 4.78 is 5.44. The Morgan fingerprint density at radius 3 is 2.44 bits per heavy atom. The molecule has 0 atom stereocenters. The molecule has 3 fully saturated rings. The molecule has 1 saturated carbocycles. The van der Waals surface area contributed by atoms with E-state index in [1.807, 2.05) is 12.3 Å². The molecule has 0 amide bonds. The monoisotopic (exact) mass is 345 g/mol. The van der Waals surface area contributed by atoms with Crippen LogP contribution in [0.25, 0.3) is 0 Å². The molecule has 0 unspecified atom stereocenters. The van der Waals surface area contributed by atoms with Crippen LogP contribution in [0.3, 0.4) is 0 Å². The van der Waals surface area contributed by atoms with Crippen LogP contribution in [0.4, 0.5) is 11.8 Å². The van der Waals surface area contributed by atoms with E-state index >= 15 is 0 Å². The van der Waals surface area contributed by atoms with E-state index in [0.29, 0.717) is 0 Å². The second-order valence-corrected chi connectivity index (χ2v) is 7.61. The Balaban J connectivity index is 1.31. The smallest absolute Gasteiger partial charge is 0.227 e. The van der Waals surface area contributed by atoms with Gasteiger partial charge in [-0.25, -0.2) is 4.98 Å². The average Bonchev–Trinajstić information content (AvgIpc) is 2.70. The number of piperazine rings is 1. The van der Waals surface area contributed by atoms with Gasteiger partial charge in [0.25, 0.3) is 0 Å². The van der Waals surface area contributed by atoms with Gasteiger partial charge >= 0.3 is 0 Å². The lowest BCUT2D eigenvalue weighted by Crippen LogP contribution is -2.48. The summed E-state index contributed by atoms with van der Waals surface area (Å²) in [5, 5.41) is 0. The number of morpholine rings is 1. The Hall–Kier alpha value is -1.40. The average molecular weight is 345 g/mol. The zero-order valence-electron chi connectivity index (χ0n) is 15.3. The summed E-state index contributed by atoms with van der Waals surface area (Å²) in [6, 6.07) is 2.02. The van der Waals surface area contributed by atoms with Crippen LogP contribution in [0, 0.1) is 5.92 Å². The fraction of sp³-hybridized carbons (Fsp3) is 0.789. The van der Waals surface area contributed by atoms with E-state index in [2.05, 4.69) is 19.7 Å². The summed E-state index contributed by atoms with van der Waals surface area (Å²) >= 11 is 0. The van der Waals surface area contributed by atoms with E-state index in [1.54, 1.807) is 0 Å². The van der Waals surface area contributed by atoms with E-state index in [4.69, 9.17) is 9.72 Å². The minimum Gasteiger partial charge on any atom is -0.378 e. The van der Waals surface area contributed by atoms with Gasteiger partial charge in [0, 0.05) is 52.0 Å². The van der Waals surface area contributed by atoms with Crippen LogP contribution >= 0.6 is 0 Å². The van der Waals surface area contributed by atoms with Gasteiger partial charge in [0.05, 0.1) is 13.2 Å². The number of hydrogen-bond donors (Lipinski definition) is 0. The molecule has 25 heavy (non-hydrogen) atoms. The first-order valence-electron chi connectivity index (χ1n) is 10.0. The zero-order valence-corrected chi connectivity index (χ0v) is 15.3. The van der Waals surface area contributed by atoms with Crippen LogP contribution in [0.15, 0.2) is 12.3 Å². The number of anilines is 2. The van der Waals surface area contributed by atoms with Crippen molar-refractivity contribution in [1.29, 1.82) is 0 Å². The normalized spacial score (nSPS) is 23.8. The van der Waals surface area contributed by atoms with Gasteiger partial charge in [0.1, 0.15) is 5.82 Å². The molecule has 138 valence electrons. The third-order valence-electron chi connectivity index (χ3n) is 5.86. The molecule has 4 rings (SSSR count). The molecule has 3 aliphatic rings. The SMILES string of the molecule is c1cc(N2CCOCC2)nc(N2CCN(CC3CCCCC3)CC2)n1. The first-order valence-corrected chi connectivity index (χ1v) is 10.0. The van der Waals surface area contributed by atoms with Crippen molar-refractivity contribution in [3.63, 3.8) is 0 Å². The summed E-state index contributed by atoms with van der Waals surface area (Å²) in [7, 11) is 0. The third-order valence-corrected chi connectivity index (χ3v) is 5.86. The number of nitrogens with zero attached hydrogens (tertiary/aromatic N) is 5. The molecular formula is C19H31N5O. The van der Waals surface area contributed by atoms with E-state index in [1.165, 1.54) is 38.6 Å². The minimum absolute atomic E-state index is 0.791. The van der Waals surface area contributed by atoms with Gasteiger partial charge in [-0.05, 0) is 24.8 Å². The lowest BCUT2D eigenvalue weighted by Gasteiger charge is -2.37. The van der Waals surface area contributed by atoms with E-state index in [9.17, 15) is 0 Å². The lowest BCUT2D eigenvalue weighted by atomic mass is 9.89. The molecular weight excluding hydrogens is 314 g/mol. The minimum atomic E-state index is 0.791. The molecule has 1 aliphatic carbocycles. The van der Waals surface area contributed by atoms with Crippen LogP contribution in [0.1, 0.15) is 32.1 Å². The van der Waals surface area contributed by atoms with Crippen LogP contribution in [-0.2, 0) is 4.74 Å². The zero-order chi connectivity index (χ0) is 16.9. The van der Waals surface area contributed by atoms with Crippen molar-refractivity contribution in [3.05, 3.63) is 12.3 Å². The maximum atomic E-state index is 5.44. The number of hydrogen-bond acceptors (Lipinski definition) is 6. The summed E-state index contributed by atoms with van der Waals surface area (Å²) in [6.45, 7) is 9.08. The van der Waals surface area contributed by atoms with Crippen LogP contribution < -0.4 is 9.80 Å². The van der Waals surface area contributed by atoms with Crippen LogP contribution in [0.5, 0.6) is 0 Å². The van der Waals surface area contributed by atoms with Crippen molar-refractivity contribution in [2.75, 3.05) is 68.8 Å². The van der Waals surface area contributed by atoms with Gasteiger partial charge in [-0.15, -0.1) is 0 Å². The molecule has 1 aromatic rings. The van der Waals surface area contributed by atoms with Crippen LogP contribution in [0.2, 0.25) is 0 Å². The highest BCUT2D eigenvalue weighted by Gasteiger charge is 2.23. The number of aromatic nitrogens is 2. The Morgan fingerprint density at radius 1 is 0.920 bits per heavy atom. The Labute approximate surface area is 151 Å². The van der Waals surface area contributed by atoms with Gasteiger partial charge in [0.15, 0.2) is 0 Å². The molecule has 3 heterocycles. The topological polar surface area (TPSA) is 44.7 Å². The fourth-order valence-corrected chi connectivity index (χ4v) is 4.33. The highest BCUT2D eigenvalue weighted by atomic mass is 16.5. The largest absolute Gasteiger partial charge is 0.378 e. The molecule has 0 aromatic carbocycles. The summed E-state index contributed by atoms with van der Waals surface area (Å²) in [5.74, 6) is 2.86. The van der Waals surface area contributed by atoms with E-state index in [-0.39, 0.29) is 0 Å². The van der Waals surface area contributed by atoms with Crippen molar-refractivity contribution in [2.24, 2.45) is 5.92 Å². The summed E-state index contributed by atoms with van der Waals surface area (Å²) in [4.78, 5) is 16.7. The molecule has 0 N–H and O–H groups in total. The second-order valence-electron chi connectivity index (χ2n) is 7.61. The highest BCUT2D eigenvalue weighted by Crippen LogP contribution is 2.25. The number of rotatable bonds is 4. The Kier molecular flexibility index (Phi) is 5.67. The maximum absolute atomic E-state index is 5.44. The van der Waals surface area contributed by atoms with Gasteiger partial charge in [-0.2, -0.15) is 4.98 Å². The van der Waals surface area contributed by atoms with Crippen molar-refractivity contribution in [3.8, 4) is 0 Å². The Morgan fingerprint density at radius 2 is 1.68 bits per heavy atom. The second kappa shape index (κ2) is 8.32. The molecule has 0 radical (unpaired) electrons. The van der Waals surface area contributed by atoms with Crippen molar-refractivity contribution in [2.45, 2.75) is 32.1 Å². The maximum Gasteiger partial charge on any atom is 0.227 e. The molecule has 0 bridgehead atoms. The van der Waals surface area contributed by atoms with Crippen molar-refractivity contribution >= 4 is 11.8 Å². The molecule has 2 aliphatic heterocycles. The quantitative estimate of drug-likeness (QED) is 0.832. The van der Waals surface area contributed by atoms with Gasteiger partial charge in [-0.1, -0.05) is 19.3 Å². The molecule has 1 aromatic heterocycles. The predicted octanol–water partition coefficient (Wildman–Crippen LogP) is 2.02. The summed E-state index contributed by atoms with van der Waals surface area (Å²) in [5.41, 5.74) is 0. The molecule has 0 spiro atoms. The lowest BCUT2D eigenvalue weighted by molar-refractivity contribution is 0.122. The summed E-state index contributed by atoms with van der Waals surface area (Å²) in [6.07, 6.45) is 9.10. The predicted molar refractivity (Wildman–Crippen MR) is 100 cm³/mol. The van der Waals surface area contributed by atoms with E-state index in [0.717, 1.165) is 70.2 Å². The fourth-order valence-electron chi connectivity index (χ4n) is 4.33. The first-order chi connectivity index (χ1) is 12.4.